The van der Waals surface area contributed by atoms with Gasteiger partial charge in [0, 0.05) is 24.5 Å². The Balaban J connectivity index is 1.90. The van der Waals surface area contributed by atoms with Gasteiger partial charge in [-0.15, -0.1) is 0 Å². The third-order valence-corrected chi connectivity index (χ3v) is 5.07. The summed E-state index contributed by atoms with van der Waals surface area (Å²) in [7, 11) is 0. The van der Waals surface area contributed by atoms with Crippen LogP contribution in [0.15, 0.2) is 54.6 Å². The number of hydrogen-bond donors (Lipinski definition) is 1. The zero-order valence-electron chi connectivity index (χ0n) is 17.8. The fraction of sp³-hybridized carbons (Fsp3) is 0.417. The predicted octanol–water partition coefficient (Wildman–Crippen LogP) is 4.49. The molecule has 0 aliphatic heterocycles. The number of carbonyl (C=O) groups is 2. The predicted molar refractivity (Wildman–Crippen MR) is 121 cm³/mol. The van der Waals surface area contributed by atoms with Crippen molar-refractivity contribution in [3.05, 3.63) is 65.2 Å². The Labute approximate surface area is 184 Å². The summed E-state index contributed by atoms with van der Waals surface area (Å²) in [6.07, 6.45) is 2.47. The monoisotopic (exact) mass is 430 g/mol. The lowest BCUT2D eigenvalue weighted by Gasteiger charge is -2.29. The average Bonchev–Trinajstić information content (AvgIpc) is 2.77. The van der Waals surface area contributed by atoms with E-state index in [1.807, 2.05) is 37.3 Å². The van der Waals surface area contributed by atoms with Crippen LogP contribution in [0.2, 0.25) is 5.02 Å². The Morgan fingerprint density at radius 3 is 2.47 bits per heavy atom. The lowest BCUT2D eigenvalue weighted by atomic mass is 10.1. The smallest absolute Gasteiger partial charge is 0.242 e. The molecule has 30 heavy (non-hydrogen) atoms. The van der Waals surface area contributed by atoms with Crippen LogP contribution in [-0.2, 0) is 16.0 Å². The van der Waals surface area contributed by atoms with Crippen LogP contribution >= 0.6 is 11.6 Å². The van der Waals surface area contributed by atoms with E-state index < -0.39 is 6.04 Å². The SMILES string of the molecule is CCCNC(=O)C(C)N(CCc1ccccc1)C(=O)CCCOc1ccc(Cl)cc1. The number of benzene rings is 2. The van der Waals surface area contributed by atoms with E-state index in [4.69, 9.17) is 16.3 Å². The first-order chi connectivity index (χ1) is 14.5. The van der Waals surface area contributed by atoms with Crippen LogP contribution in [0.1, 0.15) is 38.7 Å². The van der Waals surface area contributed by atoms with E-state index >= 15 is 0 Å². The van der Waals surface area contributed by atoms with Crippen LogP contribution in [0.5, 0.6) is 5.75 Å². The second-order valence-electron chi connectivity index (χ2n) is 7.20. The van der Waals surface area contributed by atoms with Gasteiger partial charge in [-0.25, -0.2) is 0 Å². The Morgan fingerprint density at radius 2 is 1.80 bits per heavy atom. The van der Waals surface area contributed by atoms with Crippen molar-refractivity contribution in [2.45, 2.75) is 45.6 Å². The molecule has 1 N–H and O–H groups in total. The van der Waals surface area contributed by atoms with Crippen molar-refractivity contribution in [2.24, 2.45) is 0 Å². The molecule has 0 saturated carbocycles. The third kappa shape index (κ3) is 8.07. The molecule has 0 aliphatic rings. The van der Waals surface area contributed by atoms with Crippen LogP contribution in [0.4, 0.5) is 0 Å². The number of halogens is 1. The molecule has 0 spiro atoms. The summed E-state index contributed by atoms with van der Waals surface area (Å²) in [5.41, 5.74) is 1.14. The molecule has 2 aromatic carbocycles. The normalized spacial score (nSPS) is 11.6. The van der Waals surface area contributed by atoms with E-state index in [0.29, 0.717) is 44.0 Å². The first kappa shape index (κ1) is 23.7. The molecule has 0 saturated heterocycles. The number of rotatable bonds is 12. The molecule has 0 aliphatic carbocycles. The highest BCUT2D eigenvalue weighted by atomic mass is 35.5. The lowest BCUT2D eigenvalue weighted by molar-refractivity contribution is -0.140. The molecule has 2 rings (SSSR count). The van der Waals surface area contributed by atoms with Gasteiger partial charge in [-0.2, -0.15) is 0 Å². The lowest BCUT2D eigenvalue weighted by Crippen LogP contribution is -2.49. The summed E-state index contributed by atoms with van der Waals surface area (Å²) < 4.78 is 5.67. The van der Waals surface area contributed by atoms with Crippen molar-refractivity contribution in [2.75, 3.05) is 19.7 Å². The molecular weight excluding hydrogens is 400 g/mol. The van der Waals surface area contributed by atoms with Crippen LogP contribution in [0, 0.1) is 0 Å². The van der Waals surface area contributed by atoms with Crippen LogP contribution < -0.4 is 10.1 Å². The number of hydrogen-bond acceptors (Lipinski definition) is 3. The molecule has 0 radical (unpaired) electrons. The fourth-order valence-electron chi connectivity index (χ4n) is 3.05. The summed E-state index contributed by atoms with van der Waals surface area (Å²) in [5, 5.41) is 3.55. The highest BCUT2D eigenvalue weighted by molar-refractivity contribution is 6.30. The van der Waals surface area contributed by atoms with Gasteiger partial charge in [-0.1, -0.05) is 48.9 Å². The Morgan fingerprint density at radius 1 is 1.10 bits per heavy atom. The third-order valence-electron chi connectivity index (χ3n) is 4.82. The summed E-state index contributed by atoms with van der Waals surface area (Å²) in [4.78, 5) is 27.1. The number of carbonyl (C=O) groups excluding carboxylic acids is 2. The van der Waals surface area contributed by atoms with Gasteiger partial charge in [-0.3, -0.25) is 9.59 Å². The van der Waals surface area contributed by atoms with E-state index in [1.54, 1.807) is 36.1 Å². The molecule has 2 amide bonds. The maximum Gasteiger partial charge on any atom is 0.242 e. The van der Waals surface area contributed by atoms with Crippen molar-refractivity contribution in [3.63, 3.8) is 0 Å². The van der Waals surface area contributed by atoms with Gasteiger partial charge >= 0.3 is 0 Å². The van der Waals surface area contributed by atoms with Gasteiger partial charge in [0.2, 0.25) is 11.8 Å². The number of nitrogens with zero attached hydrogens (tertiary/aromatic N) is 1. The van der Waals surface area contributed by atoms with E-state index in [-0.39, 0.29) is 11.8 Å². The van der Waals surface area contributed by atoms with Crippen molar-refractivity contribution in [1.82, 2.24) is 10.2 Å². The number of amides is 2. The minimum Gasteiger partial charge on any atom is -0.494 e. The molecule has 0 heterocycles. The first-order valence-corrected chi connectivity index (χ1v) is 10.9. The molecule has 5 nitrogen and oxygen atoms in total. The Bertz CT molecular complexity index is 781. The van der Waals surface area contributed by atoms with E-state index in [0.717, 1.165) is 17.7 Å². The van der Waals surface area contributed by atoms with Gasteiger partial charge in [0.15, 0.2) is 0 Å². The quantitative estimate of drug-likeness (QED) is 0.505. The Kier molecular flexibility index (Phi) is 10.2. The topological polar surface area (TPSA) is 58.6 Å². The zero-order chi connectivity index (χ0) is 21.8. The standard InChI is InChI=1S/C24H31ClN2O3/c1-3-16-26-24(29)19(2)27(17-15-20-8-5-4-6-9-20)23(28)10-7-18-30-22-13-11-21(25)12-14-22/h4-6,8-9,11-14,19H,3,7,10,15-18H2,1-2H3,(H,26,29). The first-order valence-electron chi connectivity index (χ1n) is 10.5. The van der Waals surface area contributed by atoms with Gasteiger partial charge in [0.1, 0.15) is 11.8 Å². The number of ether oxygens (including phenoxy) is 1. The molecule has 0 fully saturated rings. The van der Waals surface area contributed by atoms with Crippen molar-refractivity contribution < 1.29 is 14.3 Å². The summed E-state index contributed by atoms with van der Waals surface area (Å²) in [6, 6.07) is 16.6. The molecule has 0 aromatic heterocycles. The fourth-order valence-corrected chi connectivity index (χ4v) is 3.18. The maximum absolute atomic E-state index is 12.9. The van der Waals surface area contributed by atoms with E-state index in [2.05, 4.69) is 5.32 Å². The second-order valence-corrected chi connectivity index (χ2v) is 7.63. The van der Waals surface area contributed by atoms with Gasteiger partial charge < -0.3 is 15.0 Å². The average molecular weight is 431 g/mol. The molecule has 162 valence electrons. The van der Waals surface area contributed by atoms with Gasteiger partial charge in [0.25, 0.3) is 0 Å². The van der Waals surface area contributed by atoms with Crippen LogP contribution in [0.25, 0.3) is 0 Å². The molecule has 2 aromatic rings. The van der Waals surface area contributed by atoms with E-state index in [1.165, 1.54) is 0 Å². The van der Waals surface area contributed by atoms with Crippen LogP contribution in [-0.4, -0.2) is 42.5 Å². The van der Waals surface area contributed by atoms with Crippen molar-refractivity contribution in [3.8, 4) is 5.75 Å². The summed E-state index contributed by atoms with van der Waals surface area (Å²) >= 11 is 5.87. The number of nitrogens with one attached hydrogen (secondary N) is 1. The molecular formula is C24H31ClN2O3. The van der Waals surface area contributed by atoms with Gasteiger partial charge in [0.05, 0.1) is 6.61 Å². The molecule has 0 bridgehead atoms. The highest BCUT2D eigenvalue weighted by Crippen LogP contribution is 2.16. The van der Waals surface area contributed by atoms with Crippen molar-refractivity contribution in [1.29, 1.82) is 0 Å². The minimum atomic E-state index is -0.509. The van der Waals surface area contributed by atoms with Gasteiger partial charge in [-0.05, 0) is 56.0 Å². The zero-order valence-corrected chi connectivity index (χ0v) is 18.5. The van der Waals surface area contributed by atoms with Crippen molar-refractivity contribution >= 4 is 23.4 Å². The Hall–Kier alpha value is -2.53. The molecule has 1 unspecified atom stereocenters. The molecule has 6 heteroatoms. The highest BCUT2D eigenvalue weighted by Gasteiger charge is 2.25. The summed E-state index contributed by atoms with van der Waals surface area (Å²) in [5.74, 6) is 0.570. The van der Waals surface area contributed by atoms with Crippen LogP contribution in [0.3, 0.4) is 0 Å². The minimum absolute atomic E-state index is 0.0372. The maximum atomic E-state index is 12.9. The van der Waals surface area contributed by atoms with E-state index in [9.17, 15) is 9.59 Å². The second kappa shape index (κ2) is 12.9. The summed E-state index contributed by atoms with van der Waals surface area (Å²) in [6.45, 7) is 5.33. The molecule has 1 atom stereocenters. The largest absolute Gasteiger partial charge is 0.494 e.